The maximum atomic E-state index is 13.2. The first-order chi connectivity index (χ1) is 17.2. The van der Waals surface area contributed by atoms with Crippen LogP contribution in [0, 0.1) is 11.3 Å². The minimum atomic E-state index is -0.934. The molecular formula is C27H26N4O5. The summed E-state index contributed by atoms with van der Waals surface area (Å²) in [5.41, 5.74) is 9.13. The van der Waals surface area contributed by atoms with Gasteiger partial charge in [0, 0.05) is 24.3 Å². The van der Waals surface area contributed by atoms with E-state index in [2.05, 4.69) is 6.07 Å². The number of esters is 2. The Kier molecular flexibility index (Phi) is 6.53. The lowest BCUT2D eigenvalue weighted by Crippen LogP contribution is -2.40. The van der Waals surface area contributed by atoms with Gasteiger partial charge in [-0.1, -0.05) is 30.3 Å². The maximum absolute atomic E-state index is 13.2. The predicted molar refractivity (Wildman–Crippen MR) is 132 cm³/mol. The van der Waals surface area contributed by atoms with Crippen LogP contribution in [0.15, 0.2) is 71.2 Å². The molecule has 0 saturated heterocycles. The molecule has 0 fully saturated rings. The summed E-state index contributed by atoms with van der Waals surface area (Å²) >= 11 is 0. The predicted octanol–water partition coefficient (Wildman–Crippen LogP) is 2.88. The van der Waals surface area contributed by atoms with E-state index in [1.165, 1.54) is 26.0 Å². The Morgan fingerprint density at radius 3 is 2.31 bits per heavy atom. The highest BCUT2D eigenvalue weighted by atomic mass is 16.5. The second kappa shape index (κ2) is 9.58. The SMILES string of the molecule is COC(=O)C1=C(C(=O)OC)N(c2ccc3c(c2)CC(C)N3C(C)=O)C(N)=C(C#N)C1c1ccccc1. The first-order valence-corrected chi connectivity index (χ1v) is 11.3. The summed E-state index contributed by atoms with van der Waals surface area (Å²) < 4.78 is 10.1. The van der Waals surface area contributed by atoms with Crippen LogP contribution in [0.3, 0.4) is 0 Å². The van der Waals surface area contributed by atoms with Crippen molar-refractivity contribution in [3.05, 3.63) is 82.3 Å². The van der Waals surface area contributed by atoms with Gasteiger partial charge < -0.3 is 20.1 Å². The third-order valence-electron chi connectivity index (χ3n) is 6.49. The number of hydrogen-bond donors (Lipinski definition) is 1. The second-order valence-corrected chi connectivity index (χ2v) is 8.59. The second-order valence-electron chi connectivity index (χ2n) is 8.59. The molecule has 0 radical (unpaired) electrons. The van der Waals surface area contributed by atoms with Gasteiger partial charge in [0.05, 0.1) is 37.4 Å². The lowest BCUT2D eigenvalue weighted by Gasteiger charge is -2.36. The summed E-state index contributed by atoms with van der Waals surface area (Å²) in [5.74, 6) is -2.61. The van der Waals surface area contributed by atoms with Crippen molar-refractivity contribution in [1.82, 2.24) is 0 Å². The zero-order valence-electron chi connectivity index (χ0n) is 20.4. The van der Waals surface area contributed by atoms with Gasteiger partial charge >= 0.3 is 11.9 Å². The van der Waals surface area contributed by atoms with Gasteiger partial charge in [-0.15, -0.1) is 0 Å². The minimum Gasteiger partial charge on any atom is -0.466 e. The summed E-state index contributed by atoms with van der Waals surface area (Å²) in [7, 11) is 2.41. The van der Waals surface area contributed by atoms with Crippen molar-refractivity contribution in [1.29, 1.82) is 5.26 Å². The Balaban J connectivity index is 1.99. The van der Waals surface area contributed by atoms with E-state index >= 15 is 0 Å². The molecule has 0 bridgehead atoms. The number of nitrogens with two attached hydrogens (primary N) is 1. The zero-order valence-corrected chi connectivity index (χ0v) is 20.4. The molecular weight excluding hydrogens is 460 g/mol. The first kappa shape index (κ1) is 24.5. The molecule has 0 aliphatic carbocycles. The highest BCUT2D eigenvalue weighted by molar-refractivity contribution is 6.06. The zero-order chi connectivity index (χ0) is 26.1. The van der Waals surface area contributed by atoms with Crippen molar-refractivity contribution in [2.45, 2.75) is 32.2 Å². The molecule has 9 heteroatoms. The van der Waals surface area contributed by atoms with Crippen molar-refractivity contribution in [3.63, 3.8) is 0 Å². The van der Waals surface area contributed by atoms with Crippen LogP contribution in [0.4, 0.5) is 11.4 Å². The molecule has 2 aliphatic heterocycles. The number of fused-ring (bicyclic) bond motifs is 1. The number of carbonyl (C=O) groups is 3. The molecule has 1 amide bonds. The number of benzene rings is 2. The molecule has 2 atom stereocenters. The normalized spacial score (nSPS) is 19.1. The fourth-order valence-electron chi connectivity index (χ4n) is 5.02. The third kappa shape index (κ3) is 3.86. The Morgan fingerprint density at radius 2 is 1.72 bits per heavy atom. The van der Waals surface area contributed by atoms with Crippen LogP contribution >= 0.6 is 0 Å². The van der Waals surface area contributed by atoms with E-state index in [-0.39, 0.29) is 34.6 Å². The van der Waals surface area contributed by atoms with Crippen LogP contribution in [0.1, 0.15) is 30.9 Å². The average molecular weight is 487 g/mol. The molecule has 2 heterocycles. The first-order valence-electron chi connectivity index (χ1n) is 11.3. The maximum Gasteiger partial charge on any atom is 0.355 e. The van der Waals surface area contributed by atoms with Crippen LogP contribution in [0.2, 0.25) is 0 Å². The van der Waals surface area contributed by atoms with Gasteiger partial charge in [-0.3, -0.25) is 9.69 Å². The summed E-state index contributed by atoms with van der Waals surface area (Å²) in [6, 6.07) is 16.2. The number of nitrogens with zero attached hydrogens (tertiary/aromatic N) is 3. The highest BCUT2D eigenvalue weighted by Gasteiger charge is 2.43. The molecule has 9 nitrogen and oxygen atoms in total. The number of amides is 1. The fraction of sp³-hybridized carbons (Fsp3) is 0.259. The molecule has 36 heavy (non-hydrogen) atoms. The number of ether oxygens (including phenoxy) is 2. The topological polar surface area (TPSA) is 126 Å². The molecule has 2 aromatic carbocycles. The van der Waals surface area contributed by atoms with Gasteiger partial charge in [0.1, 0.15) is 11.5 Å². The van der Waals surface area contributed by atoms with Gasteiger partial charge in [0.15, 0.2) is 0 Å². The number of nitriles is 1. The van der Waals surface area contributed by atoms with Gasteiger partial charge in [0.2, 0.25) is 5.91 Å². The molecule has 4 rings (SSSR count). The van der Waals surface area contributed by atoms with Crippen molar-refractivity contribution in [2.75, 3.05) is 24.0 Å². The van der Waals surface area contributed by atoms with Crippen LogP contribution in [-0.2, 0) is 30.3 Å². The van der Waals surface area contributed by atoms with Crippen molar-refractivity contribution in [2.24, 2.45) is 5.73 Å². The Hall–Kier alpha value is -4.58. The van der Waals surface area contributed by atoms with Crippen LogP contribution < -0.4 is 15.5 Å². The van der Waals surface area contributed by atoms with E-state index in [0.29, 0.717) is 17.7 Å². The van der Waals surface area contributed by atoms with E-state index in [4.69, 9.17) is 15.2 Å². The lowest BCUT2D eigenvalue weighted by molar-refractivity contribution is -0.139. The molecule has 2 aromatic rings. The molecule has 2 N–H and O–H groups in total. The molecule has 0 spiro atoms. The van der Waals surface area contributed by atoms with Gasteiger partial charge in [-0.2, -0.15) is 5.26 Å². The third-order valence-corrected chi connectivity index (χ3v) is 6.49. The lowest BCUT2D eigenvalue weighted by atomic mass is 9.81. The van der Waals surface area contributed by atoms with Gasteiger partial charge in [-0.25, -0.2) is 9.59 Å². The van der Waals surface area contributed by atoms with Crippen LogP contribution in [-0.4, -0.2) is 38.1 Å². The van der Waals surface area contributed by atoms with Crippen molar-refractivity contribution < 1.29 is 23.9 Å². The number of rotatable bonds is 4. The summed E-state index contributed by atoms with van der Waals surface area (Å²) in [5, 5.41) is 10.1. The van der Waals surface area contributed by atoms with E-state index in [1.807, 2.05) is 6.92 Å². The number of anilines is 2. The van der Waals surface area contributed by atoms with Crippen LogP contribution in [0.5, 0.6) is 0 Å². The van der Waals surface area contributed by atoms with Gasteiger partial charge in [0.25, 0.3) is 0 Å². The van der Waals surface area contributed by atoms with E-state index in [0.717, 1.165) is 11.3 Å². The van der Waals surface area contributed by atoms with E-state index in [9.17, 15) is 19.6 Å². The molecule has 0 aromatic heterocycles. The fourth-order valence-corrected chi connectivity index (χ4v) is 5.02. The molecule has 0 saturated carbocycles. The summed E-state index contributed by atoms with van der Waals surface area (Å²) in [6.45, 7) is 3.46. The largest absolute Gasteiger partial charge is 0.466 e. The quantitative estimate of drug-likeness (QED) is 0.654. The van der Waals surface area contributed by atoms with E-state index in [1.54, 1.807) is 53.4 Å². The standard InChI is InChI=1S/C27H26N4O5/c1-15-12-18-13-19(10-11-21(18)30(15)16(2)32)31-24(27(34)36-4)23(26(33)35-3)22(20(14-28)25(31)29)17-8-6-5-7-9-17/h5-11,13,15,22H,12,29H2,1-4H3. The van der Waals surface area contributed by atoms with Crippen molar-refractivity contribution in [3.8, 4) is 6.07 Å². The molecule has 2 aliphatic rings. The monoisotopic (exact) mass is 486 g/mol. The minimum absolute atomic E-state index is 0.00572. The molecule has 2 unspecified atom stereocenters. The van der Waals surface area contributed by atoms with E-state index < -0.39 is 17.9 Å². The Bertz CT molecular complexity index is 1360. The van der Waals surface area contributed by atoms with Crippen LogP contribution in [0.25, 0.3) is 0 Å². The van der Waals surface area contributed by atoms with Gasteiger partial charge in [-0.05, 0) is 42.7 Å². The number of hydrogen-bond acceptors (Lipinski definition) is 8. The highest BCUT2D eigenvalue weighted by Crippen LogP contribution is 2.44. The number of methoxy groups -OCH3 is 2. The summed E-state index contributed by atoms with van der Waals surface area (Å²) in [6.07, 6.45) is 0.596. The smallest absolute Gasteiger partial charge is 0.355 e. The Labute approximate surface area is 209 Å². The Morgan fingerprint density at radius 1 is 1.06 bits per heavy atom. The number of carbonyl (C=O) groups excluding carboxylic acids is 3. The molecule has 184 valence electrons. The number of allylic oxidation sites excluding steroid dienone is 1. The average Bonchev–Trinajstić information content (AvgIpc) is 3.22. The summed E-state index contributed by atoms with van der Waals surface area (Å²) in [4.78, 5) is 41.6. The van der Waals surface area contributed by atoms with Crippen molar-refractivity contribution >= 4 is 29.2 Å².